The molecule has 1 aromatic rings. The highest BCUT2D eigenvalue weighted by atomic mass is 16.4. The summed E-state index contributed by atoms with van der Waals surface area (Å²) in [6.45, 7) is -6.49. The molecule has 92 heavy (non-hydrogen) atoms. The van der Waals surface area contributed by atoms with Crippen molar-refractivity contribution in [3.8, 4) is 0 Å². The quantitative estimate of drug-likeness (QED) is 0.0298. The lowest BCUT2D eigenvalue weighted by Crippen LogP contribution is -2.54. The van der Waals surface area contributed by atoms with E-state index in [4.69, 9.17) is 0 Å². The number of para-hydroxylation sites is 1. The molecular formula is C53H69N7O32. The van der Waals surface area contributed by atoms with Crippen LogP contribution in [-0.2, 0) is 28.8 Å². The number of carbonyl (C=O) groups is 10. The third kappa shape index (κ3) is 17.7. The Morgan fingerprint density at radius 1 is 0.380 bits per heavy atom. The lowest BCUT2D eigenvalue weighted by atomic mass is 9.81. The van der Waals surface area contributed by atoms with Crippen LogP contribution in [0.5, 0.6) is 0 Å². The second kappa shape index (κ2) is 33.1. The van der Waals surface area contributed by atoms with Gasteiger partial charge in [0.15, 0.2) is 34.8 Å². The van der Waals surface area contributed by atoms with Crippen LogP contribution in [-0.4, -0.2) is 322 Å². The van der Waals surface area contributed by atoms with Crippen molar-refractivity contribution in [3.05, 3.63) is 64.7 Å². The molecular weight excluding hydrogens is 1250 g/mol. The fourth-order valence-electron chi connectivity index (χ4n) is 9.79. The molecule has 0 bridgehead atoms. The number of nitrogens with zero attached hydrogens (tertiary/aromatic N) is 7. The second-order valence-electron chi connectivity index (χ2n) is 21.0. The van der Waals surface area contributed by atoms with Gasteiger partial charge in [0.1, 0.15) is 54.9 Å². The maximum Gasteiger partial charge on any atom is 0.413 e. The maximum absolute atomic E-state index is 13.8. The van der Waals surface area contributed by atoms with Gasteiger partial charge in [0, 0.05) is 44.6 Å². The van der Waals surface area contributed by atoms with E-state index in [1.807, 2.05) is 0 Å². The number of hydrogen-bond donors (Lipinski definition) is 22. The Morgan fingerprint density at radius 3 is 0.859 bits per heavy atom. The molecule has 39 heteroatoms. The van der Waals surface area contributed by atoms with Crippen LogP contribution in [0, 0.1) is 0 Å². The van der Waals surface area contributed by atoms with E-state index in [0.717, 1.165) is 0 Å². The van der Waals surface area contributed by atoms with Crippen molar-refractivity contribution in [1.82, 2.24) is 14.7 Å². The van der Waals surface area contributed by atoms with Crippen molar-refractivity contribution in [2.24, 2.45) is 15.0 Å². The van der Waals surface area contributed by atoms with E-state index in [9.17, 15) is 160 Å². The summed E-state index contributed by atoms with van der Waals surface area (Å²) in [6.07, 6.45) is -42.9. The summed E-state index contributed by atoms with van der Waals surface area (Å²) in [5.74, 6) is -19.3. The van der Waals surface area contributed by atoms with Crippen molar-refractivity contribution in [1.29, 1.82) is 0 Å². The van der Waals surface area contributed by atoms with Crippen molar-refractivity contribution in [2.75, 3.05) is 44.4 Å². The topological polar surface area (TPSA) is 666 Å². The number of Topliss-reactive ketones (excluding diaryl/α,β-unsaturated/α-hetero) is 6. The summed E-state index contributed by atoms with van der Waals surface area (Å²) in [5.41, 5.74) is -5.44. The van der Waals surface area contributed by atoms with E-state index in [0.29, 0.717) is 4.90 Å². The third-order valence-electron chi connectivity index (χ3n) is 14.8. The average molecular weight is 1320 g/mol. The molecule has 22 N–H and O–H groups in total. The van der Waals surface area contributed by atoms with Gasteiger partial charge in [-0.05, 0) is 50.7 Å². The number of amides is 4. The Kier molecular flexibility index (Phi) is 27.3. The Balaban J connectivity index is 1.90. The molecule has 39 nitrogen and oxygen atoms in total. The molecule has 0 aromatic heterocycles. The van der Waals surface area contributed by atoms with Crippen LogP contribution in [0.2, 0.25) is 0 Å². The van der Waals surface area contributed by atoms with Gasteiger partial charge in [-0.3, -0.25) is 48.4 Å². The number of carbonyl (C=O) groups excluding carboxylic acids is 6. The summed E-state index contributed by atoms with van der Waals surface area (Å²) < 4.78 is 0. The van der Waals surface area contributed by atoms with Gasteiger partial charge in [-0.2, -0.15) is 0 Å². The largest absolute Gasteiger partial charge is 0.503 e. The molecule has 3 aliphatic rings. The Bertz CT molecular complexity index is 2870. The van der Waals surface area contributed by atoms with Crippen molar-refractivity contribution in [2.45, 2.75) is 137 Å². The number of anilines is 1. The lowest BCUT2D eigenvalue weighted by Gasteiger charge is -2.44. The average Bonchev–Trinajstić information content (AvgIpc) is 0.819. The fraction of sp³-hybridized carbons (Fsp3) is 0.528. The molecule has 3 heterocycles. The second-order valence-corrected chi connectivity index (χ2v) is 21.0. The van der Waals surface area contributed by atoms with Gasteiger partial charge < -0.3 is 112 Å². The monoisotopic (exact) mass is 1320 g/mol. The first kappa shape index (κ1) is 75.8. The van der Waals surface area contributed by atoms with Crippen molar-refractivity contribution in [3.63, 3.8) is 0 Å². The van der Waals surface area contributed by atoms with Crippen LogP contribution in [0.15, 0.2) is 79.7 Å². The molecule has 0 saturated carbocycles. The number of carboxylic acid groups (broad SMARTS) is 4. The molecule has 3 aliphatic heterocycles. The van der Waals surface area contributed by atoms with Crippen molar-refractivity contribution < 1.29 is 160 Å². The van der Waals surface area contributed by atoms with Crippen LogP contribution in [0.3, 0.4) is 0 Å². The Hall–Kier alpha value is -8.65. The van der Waals surface area contributed by atoms with Crippen LogP contribution in [0.4, 0.5) is 24.9 Å². The van der Waals surface area contributed by atoms with Crippen molar-refractivity contribution >= 4 is 82.3 Å². The van der Waals surface area contributed by atoms with Gasteiger partial charge in [-0.25, -0.2) is 34.2 Å². The maximum atomic E-state index is 13.8. The van der Waals surface area contributed by atoms with E-state index >= 15 is 0 Å². The molecule has 4 rings (SSSR count). The number of aliphatic imine (C=N–C) groups is 3. The number of hydrogen-bond acceptors (Lipinski definition) is 31. The number of aliphatic hydroxyl groups is 18. The van der Waals surface area contributed by atoms with Gasteiger partial charge in [-0.1, -0.05) is 18.2 Å². The highest BCUT2D eigenvalue weighted by Gasteiger charge is 2.46. The summed E-state index contributed by atoms with van der Waals surface area (Å²) in [7, 11) is 0. The molecule has 0 aliphatic carbocycles. The van der Waals surface area contributed by atoms with E-state index in [1.165, 1.54) is 30.3 Å². The Labute approximate surface area is 516 Å². The predicted octanol–water partition coefficient (Wildman–Crippen LogP) is -6.37. The fourth-order valence-corrected chi connectivity index (χ4v) is 9.79. The first-order valence-corrected chi connectivity index (χ1v) is 27.4. The number of ketones is 6. The third-order valence-corrected chi connectivity index (χ3v) is 14.8. The molecule has 508 valence electrons. The summed E-state index contributed by atoms with van der Waals surface area (Å²) in [5, 5.41) is 225. The van der Waals surface area contributed by atoms with Crippen LogP contribution in [0.1, 0.15) is 57.8 Å². The number of benzene rings is 1. The predicted molar refractivity (Wildman–Crippen MR) is 300 cm³/mol. The van der Waals surface area contributed by atoms with E-state index in [-0.39, 0.29) is 20.4 Å². The standard InChI is InChI=1S/C53H69N7O32/c61-18-28(67)37(76)34(73)25(64)15-22-31(70)40(79)43(82)46(54-22)57(49(85)86)12-4-9-53(60(52(91)92)21-7-2-1-3-8-21,10-5-13-58(50(87)88)47-44(83)41(80)32(71)23(55-47)16-26(65)35(74)38(77)29(68)19-62)11-6-14-59(51(89)90)48-45(84)42(81)33(72)24(56-48)17-27(66)36(75)39(78)30(69)20-63/h1-3,7-8,25-30,34-39,61-78H,4-6,9-20H2,(H,85,86)(H,87,88)(H,89,90)(H,91,92). The van der Waals surface area contributed by atoms with E-state index in [1.54, 1.807) is 0 Å². The normalized spacial score (nSPS) is 19.5. The number of amidine groups is 3. The molecule has 1 aromatic carbocycles. The van der Waals surface area contributed by atoms with Gasteiger partial charge in [-0.15, -0.1) is 0 Å². The minimum absolute atomic E-state index is 0.0993. The van der Waals surface area contributed by atoms with E-state index < -0.39 is 287 Å². The molecule has 12 unspecified atom stereocenters. The molecule has 0 saturated heterocycles. The van der Waals surface area contributed by atoms with Crippen LogP contribution in [0.25, 0.3) is 0 Å². The number of aliphatic hydroxyl groups excluding tert-OH is 18. The summed E-state index contributed by atoms with van der Waals surface area (Å²) in [6, 6.07) is 6.41. The number of allylic oxidation sites excluding steroid dienone is 3. The number of rotatable bonds is 32. The highest BCUT2D eigenvalue weighted by Crippen LogP contribution is 2.38. The summed E-state index contributed by atoms with van der Waals surface area (Å²) >= 11 is 0. The van der Waals surface area contributed by atoms with Gasteiger partial charge in [0.25, 0.3) is 34.7 Å². The zero-order valence-corrected chi connectivity index (χ0v) is 48.0. The van der Waals surface area contributed by atoms with Crippen LogP contribution >= 0.6 is 0 Å². The van der Waals surface area contributed by atoms with Gasteiger partial charge in [0.05, 0.1) is 60.8 Å². The van der Waals surface area contributed by atoms with Crippen LogP contribution < -0.4 is 4.90 Å². The molecule has 0 spiro atoms. The minimum Gasteiger partial charge on any atom is -0.503 e. The zero-order chi connectivity index (χ0) is 69.5. The molecule has 12 atom stereocenters. The first-order chi connectivity index (χ1) is 43.0. The highest BCUT2D eigenvalue weighted by molar-refractivity contribution is 6.70. The minimum atomic E-state index is -2.36. The SMILES string of the molecule is O=C1C(=O)C(O)=C(CC(O)C(O)C(O)C(O)CO)N=C1N(CCCC(CCCN(C(=O)O)C1=NC(CC(O)C(O)C(O)C(O)CO)=C(O)C(=O)C1=O)(CCCN(C(=O)O)C1=NC(CC(O)C(O)C(O)C(O)CO)=C(O)C(=O)C1=O)N(C(=O)O)c1ccccc1)C(=O)O. The molecule has 0 fully saturated rings. The zero-order valence-electron chi connectivity index (χ0n) is 48.0. The lowest BCUT2D eigenvalue weighted by molar-refractivity contribution is -0.132. The van der Waals surface area contributed by atoms with Gasteiger partial charge in [0.2, 0.25) is 0 Å². The first-order valence-electron chi connectivity index (χ1n) is 27.4. The van der Waals surface area contributed by atoms with E-state index in [2.05, 4.69) is 15.0 Å². The van der Waals surface area contributed by atoms with Gasteiger partial charge >= 0.3 is 24.4 Å². The molecule has 0 radical (unpaired) electrons. The smallest absolute Gasteiger partial charge is 0.413 e. The summed E-state index contributed by atoms with van der Waals surface area (Å²) in [4.78, 5) is 145. The molecule has 4 amide bonds. The Morgan fingerprint density at radius 2 is 0.630 bits per heavy atom.